The molecule has 3 N–H and O–H groups in total. The summed E-state index contributed by atoms with van der Waals surface area (Å²) >= 11 is 1.22. The molecule has 1 aliphatic rings. The summed E-state index contributed by atoms with van der Waals surface area (Å²) < 4.78 is 5.29. The van der Waals surface area contributed by atoms with Gasteiger partial charge in [0, 0.05) is 11.4 Å². The third-order valence-corrected chi connectivity index (χ3v) is 4.29. The van der Waals surface area contributed by atoms with E-state index in [2.05, 4.69) is 15.6 Å². The molecule has 1 saturated heterocycles. The van der Waals surface area contributed by atoms with Crippen LogP contribution in [0, 0.1) is 5.92 Å². The van der Waals surface area contributed by atoms with Crippen molar-refractivity contribution in [3.63, 3.8) is 0 Å². The Bertz CT molecular complexity index is 505. The number of aromatic nitrogens is 1. The molecule has 7 nitrogen and oxygen atoms in total. The minimum atomic E-state index is -1.06. The van der Waals surface area contributed by atoms with Crippen LogP contribution in [0.1, 0.15) is 28.5 Å². The van der Waals surface area contributed by atoms with E-state index in [1.165, 1.54) is 16.7 Å². The first-order chi connectivity index (χ1) is 9.52. The molecule has 0 bridgehead atoms. The molecule has 8 heteroatoms. The van der Waals surface area contributed by atoms with E-state index in [-0.39, 0.29) is 29.6 Å². The predicted molar refractivity (Wildman–Crippen MR) is 72.8 cm³/mol. The first-order valence-electron chi connectivity index (χ1n) is 6.27. The molecule has 2 rings (SSSR count). The van der Waals surface area contributed by atoms with E-state index >= 15 is 0 Å². The average Bonchev–Trinajstić information content (AvgIpc) is 3.07. The lowest BCUT2D eigenvalue weighted by atomic mass is 10.0. The Morgan fingerprint density at radius 3 is 2.90 bits per heavy atom. The average molecular weight is 299 g/mol. The lowest BCUT2D eigenvalue weighted by Crippen LogP contribution is -2.43. The van der Waals surface area contributed by atoms with Crippen molar-refractivity contribution in [2.24, 2.45) is 5.92 Å². The summed E-state index contributed by atoms with van der Waals surface area (Å²) in [6, 6.07) is -0.313. The second kappa shape index (κ2) is 6.29. The Morgan fingerprint density at radius 2 is 2.30 bits per heavy atom. The third-order valence-electron chi connectivity index (χ3n) is 3.26. The summed E-state index contributed by atoms with van der Waals surface area (Å²) in [4.78, 5) is 26.9. The molecule has 0 aliphatic carbocycles. The third kappa shape index (κ3) is 3.14. The normalized spacial score (nSPS) is 23.5. The number of carbonyl (C=O) groups excluding carboxylic acids is 1. The molecule has 1 aromatic heterocycles. The molecule has 1 aliphatic heterocycles. The van der Waals surface area contributed by atoms with Crippen LogP contribution < -0.4 is 10.6 Å². The van der Waals surface area contributed by atoms with E-state index in [1.54, 1.807) is 14.0 Å². The van der Waals surface area contributed by atoms with Crippen LogP contribution in [0.15, 0.2) is 5.38 Å². The quantitative estimate of drug-likeness (QED) is 0.721. The van der Waals surface area contributed by atoms with Gasteiger partial charge < -0.3 is 20.5 Å². The van der Waals surface area contributed by atoms with Gasteiger partial charge in [-0.05, 0) is 14.0 Å². The molecule has 0 radical (unpaired) electrons. The van der Waals surface area contributed by atoms with Gasteiger partial charge in [-0.1, -0.05) is 0 Å². The fourth-order valence-electron chi connectivity index (χ4n) is 2.06. The highest BCUT2D eigenvalue weighted by molar-refractivity contribution is 7.09. The molecule has 0 saturated carbocycles. The van der Waals surface area contributed by atoms with Crippen LogP contribution in [0.5, 0.6) is 0 Å². The van der Waals surface area contributed by atoms with Crippen LogP contribution >= 0.6 is 11.3 Å². The number of amides is 1. The minimum absolute atomic E-state index is 0.00315. The minimum Gasteiger partial charge on any atom is -0.476 e. The highest BCUT2D eigenvalue weighted by Crippen LogP contribution is 2.20. The molecular weight excluding hydrogens is 282 g/mol. The second-order valence-corrected chi connectivity index (χ2v) is 5.54. The summed E-state index contributed by atoms with van der Waals surface area (Å²) in [5.41, 5.74) is 0.00315. The van der Waals surface area contributed by atoms with Crippen LogP contribution in [0.4, 0.5) is 0 Å². The van der Waals surface area contributed by atoms with Crippen LogP contribution in [0.3, 0.4) is 0 Å². The van der Waals surface area contributed by atoms with Gasteiger partial charge in [0.1, 0.15) is 5.01 Å². The maximum absolute atomic E-state index is 12.2. The van der Waals surface area contributed by atoms with Crippen molar-refractivity contribution in [2.75, 3.05) is 20.3 Å². The molecule has 0 spiro atoms. The zero-order chi connectivity index (χ0) is 14.7. The fourth-order valence-corrected chi connectivity index (χ4v) is 2.86. The van der Waals surface area contributed by atoms with Crippen molar-refractivity contribution in [3.05, 3.63) is 16.1 Å². The van der Waals surface area contributed by atoms with E-state index in [9.17, 15) is 9.59 Å². The number of thiazole rings is 1. The van der Waals surface area contributed by atoms with Crippen molar-refractivity contribution < 1.29 is 19.4 Å². The lowest BCUT2D eigenvalue weighted by Gasteiger charge is -2.19. The number of rotatable bonds is 5. The Labute approximate surface area is 120 Å². The SMILES string of the molecule is CNC1COCC1C(=O)NC(C)c1nc(C(=O)O)cs1. The molecule has 3 atom stereocenters. The number of hydrogen-bond acceptors (Lipinski definition) is 6. The zero-order valence-electron chi connectivity index (χ0n) is 11.3. The number of hydrogen-bond donors (Lipinski definition) is 3. The number of carbonyl (C=O) groups is 2. The monoisotopic (exact) mass is 299 g/mol. The lowest BCUT2D eigenvalue weighted by molar-refractivity contribution is -0.126. The van der Waals surface area contributed by atoms with Gasteiger partial charge in [-0.3, -0.25) is 4.79 Å². The molecule has 20 heavy (non-hydrogen) atoms. The van der Waals surface area contributed by atoms with Gasteiger partial charge in [0.2, 0.25) is 5.91 Å². The highest BCUT2D eigenvalue weighted by Gasteiger charge is 2.33. The van der Waals surface area contributed by atoms with Gasteiger partial charge in [-0.15, -0.1) is 11.3 Å². The van der Waals surface area contributed by atoms with E-state index in [1.807, 2.05) is 0 Å². The van der Waals surface area contributed by atoms with Gasteiger partial charge in [-0.25, -0.2) is 9.78 Å². The number of nitrogens with one attached hydrogen (secondary N) is 2. The largest absolute Gasteiger partial charge is 0.476 e. The maximum Gasteiger partial charge on any atom is 0.355 e. The first-order valence-corrected chi connectivity index (χ1v) is 7.15. The molecule has 1 fully saturated rings. The summed E-state index contributed by atoms with van der Waals surface area (Å²) in [5.74, 6) is -1.41. The number of nitrogens with zero attached hydrogens (tertiary/aromatic N) is 1. The Hall–Kier alpha value is -1.51. The standard InChI is InChI=1S/C12H17N3O4S/c1-6(11-15-9(5-20-11)12(17)18)14-10(16)7-3-19-4-8(7)13-2/h5-8,13H,3-4H2,1-2H3,(H,14,16)(H,17,18). The number of carboxylic acids is 1. The molecule has 3 unspecified atom stereocenters. The van der Waals surface area contributed by atoms with Gasteiger partial charge in [0.15, 0.2) is 5.69 Å². The number of carboxylic acid groups (broad SMARTS) is 1. The van der Waals surface area contributed by atoms with Gasteiger partial charge in [0.05, 0.1) is 25.2 Å². The number of ether oxygens (including phenoxy) is 1. The van der Waals surface area contributed by atoms with Crippen molar-refractivity contribution in [1.82, 2.24) is 15.6 Å². The predicted octanol–water partition coefficient (Wildman–Crippen LogP) is 0.253. The Kier molecular flexibility index (Phi) is 4.69. The maximum atomic E-state index is 12.2. The van der Waals surface area contributed by atoms with Gasteiger partial charge in [0.25, 0.3) is 0 Å². The summed E-state index contributed by atoms with van der Waals surface area (Å²) in [5, 5.41) is 16.8. The van der Waals surface area contributed by atoms with Crippen LogP contribution in [0.2, 0.25) is 0 Å². The summed E-state index contributed by atoms with van der Waals surface area (Å²) in [6.07, 6.45) is 0. The van der Waals surface area contributed by atoms with Crippen molar-refractivity contribution in [2.45, 2.75) is 19.0 Å². The van der Waals surface area contributed by atoms with Crippen molar-refractivity contribution >= 4 is 23.2 Å². The second-order valence-electron chi connectivity index (χ2n) is 4.65. The highest BCUT2D eigenvalue weighted by atomic mass is 32.1. The van der Waals surface area contributed by atoms with Gasteiger partial charge >= 0.3 is 5.97 Å². The number of likely N-dealkylation sites (N-methyl/N-ethyl adjacent to an activating group) is 1. The van der Waals surface area contributed by atoms with Crippen LogP contribution in [-0.2, 0) is 9.53 Å². The summed E-state index contributed by atoms with van der Waals surface area (Å²) in [7, 11) is 1.79. The Morgan fingerprint density at radius 1 is 1.55 bits per heavy atom. The molecule has 1 amide bonds. The molecule has 2 heterocycles. The van der Waals surface area contributed by atoms with E-state index < -0.39 is 5.97 Å². The van der Waals surface area contributed by atoms with E-state index in [4.69, 9.17) is 9.84 Å². The van der Waals surface area contributed by atoms with Crippen LogP contribution in [-0.4, -0.2) is 48.3 Å². The zero-order valence-corrected chi connectivity index (χ0v) is 12.1. The van der Waals surface area contributed by atoms with Crippen molar-refractivity contribution in [3.8, 4) is 0 Å². The Balaban J connectivity index is 1.98. The molecule has 0 aromatic carbocycles. The smallest absolute Gasteiger partial charge is 0.355 e. The van der Waals surface area contributed by atoms with E-state index in [0.29, 0.717) is 18.2 Å². The topological polar surface area (TPSA) is 101 Å². The first kappa shape index (κ1) is 14.9. The van der Waals surface area contributed by atoms with Gasteiger partial charge in [-0.2, -0.15) is 0 Å². The fraction of sp³-hybridized carbons (Fsp3) is 0.583. The van der Waals surface area contributed by atoms with Crippen molar-refractivity contribution in [1.29, 1.82) is 0 Å². The number of aromatic carboxylic acids is 1. The van der Waals surface area contributed by atoms with E-state index in [0.717, 1.165) is 0 Å². The summed E-state index contributed by atoms with van der Waals surface area (Å²) in [6.45, 7) is 2.69. The molecular formula is C12H17N3O4S. The van der Waals surface area contributed by atoms with Crippen LogP contribution in [0.25, 0.3) is 0 Å². The molecule has 1 aromatic rings. The molecule has 110 valence electrons.